The fourth-order valence-corrected chi connectivity index (χ4v) is 5.48. The van der Waals surface area contributed by atoms with Crippen LogP contribution in [0.2, 0.25) is 0 Å². The molecular formula is C38H24O. The molecule has 1 nitrogen and oxygen atoms in total. The molecule has 0 fully saturated rings. The maximum Gasteiger partial charge on any atom is 0.136 e. The molecule has 0 radical (unpaired) electrons. The highest BCUT2D eigenvalue weighted by Gasteiger charge is 2.21. The number of hydrogen-bond donors (Lipinski definition) is 0. The Labute approximate surface area is 242 Å². The minimum Gasteiger partial charge on any atom is -0.456 e. The normalized spacial score (nSPS) is 15.5. The fraction of sp³-hybridized carbons (Fsp3) is 0. The van der Waals surface area contributed by atoms with E-state index in [0.717, 1.165) is 21.9 Å². The molecule has 0 unspecified atom stereocenters. The van der Waals surface area contributed by atoms with Crippen molar-refractivity contribution in [3.63, 3.8) is 0 Å². The van der Waals surface area contributed by atoms with Crippen molar-refractivity contribution < 1.29 is 19.5 Å². The van der Waals surface area contributed by atoms with Crippen molar-refractivity contribution in [2.75, 3.05) is 0 Å². The molecule has 182 valence electrons. The van der Waals surface area contributed by atoms with Crippen LogP contribution in [0.15, 0.2) is 150 Å². The summed E-state index contributed by atoms with van der Waals surface area (Å²) in [7, 11) is 0. The van der Waals surface area contributed by atoms with Crippen LogP contribution < -0.4 is 0 Å². The molecule has 1 heterocycles. The molecular weight excluding hydrogens is 472 g/mol. The van der Waals surface area contributed by atoms with Crippen molar-refractivity contribution in [1.82, 2.24) is 0 Å². The molecule has 0 atom stereocenters. The highest BCUT2D eigenvalue weighted by atomic mass is 16.3. The van der Waals surface area contributed by atoms with E-state index >= 15 is 0 Å². The third kappa shape index (κ3) is 3.41. The van der Waals surface area contributed by atoms with Crippen molar-refractivity contribution in [1.29, 1.82) is 0 Å². The largest absolute Gasteiger partial charge is 0.456 e. The van der Waals surface area contributed by atoms with Crippen molar-refractivity contribution in [3.05, 3.63) is 145 Å². The number of fused-ring (bicyclic) bond motifs is 5. The molecule has 8 rings (SSSR count). The van der Waals surface area contributed by atoms with E-state index in [4.69, 9.17) is 16.8 Å². The number of benzene rings is 7. The summed E-state index contributed by atoms with van der Waals surface area (Å²) in [5.41, 5.74) is 1.50. The fourth-order valence-electron chi connectivity index (χ4n) is 5.48. The second kappa shape index (κ2) is 8.72. The lowest BCUT2D eigenvalue weighted by molar-refractivity contribution is 0.669. The van der Waals surface area contributed by atoms with Crippen molar-refractivity contribution in [2.45, 2.75) is 0 Å². The quantitative estimate of drug-likeness (QED) is 0.217. The van der Waals surface area contributed by atoms with Crippen LogP contribution in [0, 0.1) is 0 Å². The Balaban J connectivity index is 1.69. The van der Waals surface area contributed by atoms with E-state index in [-0.39, 0.29) is 44.7 Å². The van der Waals surface area contributed by atoms with Crippen LogP contribution in [0.1, 0.15) is 15.1 Å². The third-order valence-electron chi connectivity index (χ3n) is 7.07. The van der Waals surface area contributed by atoms with Gasteiger partial charge in [-0.25, -0.2) is 0 Å². The summed E-state index contributed by atoms with van der Waals surface area (Å²) in [6.07, 6.45) is 0. The van der Waals surface area contributed by atoms with Crippen molar-refractivity contribution in [3.8, 4) is 33.4 Å². The molecule has 39 heavy (non-hydrogen) atoms. The molecule has 0 saturated carbocycles. The minimum atomic E-state index is -0.631. The SMILES string of the molecule is [2H]c1c([2H])c([2H])c(-c2c([2H])c(-c3c4ccccc4c(-c4ccccc4)c4ccccc34)c3c(oc4c([2H])c([2H])c([2H])c([2H])c43)c2[2H])c([2H])c1[2H]. The van der Waals surface area contributed by atoms with E-state index < -0.39 is 60.4 Å². The summed E-state index contributed by atoms with van der Waals surface area (Å²) in [5, 5.41) is 3.12. The van der Waals surface area contributed by atoms with Gasteiger partial charge in [0.25, 0.3) is 0 Å². The molecule has 0 amide bonds. The summed E-state index contributed by atoms with van der Waals surface area (Å²) >= 11 is 0. The highest BCUT2D eigenvalue weighted by Crippen LogP contribution is 2.47. The van der Waals surface area contributed by atoms with Crippen molar-refractivity contribution >= 4 is 43.5 Å². The maximum atomic E-state index is 9.85. The van der Waals surface area contributed by atoms with Gasteiger partial charge in [-0.05, 0) is 73.1 Å². The van der Waals surface area contributed by atoms with Gasteiger partial charge in [-0.3, -0.25) is 0 Å². The lowest BCUT2D eigenvalue weighted by Gasteiger charge is -2.19. The Bertz CT molecular complexity index is 2680. The van der Waals surface area contributed by atoms with E-state index in [0.29, 0.717) is 16.3 Å². The second-order valence-corrected chi connectivity index (χ2v) is 9.22. The van der Waals surface area contributed by atoms with Gasteiger partial charge >= 0.3 is 0 Å². The van der Waals surface area contributed by atoms with E-state index in [9.17, 15) is 2.74 Å². The van der Waals surface area contributed by atoms with Gasteiger partial charge in [0.1, 0.15) is 11.2 Å². The molecule has 0 aliphatic rings. The molecule has 0 N–H and O–H groups in total. The van der Waals surface area contributed by atoms with Crippen LogP contribution >= 0.6 is 0 Å². The third-order valence-corrected chi connectivity index (χ3v) is 7.07. The number of hydrogen-bond acceptors (Lipinski definition) is 1. The molecule has 0 aliphatic heterocycles. The minimum absolute atomic E-state index is 0.0177. The first-order valence-electron chi connectivity index (χ1n) is 18.0. The Morgan fingerprint density at radius 2 is 1.03 bits per heavy atom. The lowest BCUT2D eigenvalue weighted by Crippen LogP contribution is -1.92. The smallest absolute Gasteiger partial charge is 0.136 e. The predicted octanol–water partition coefficient (Wildman–Crippen LogP) is 10.9. The highest BCUT2D eigenvalue weighted by molar-refractivity contribution is 6.26. The van der Waals surface area contributed by atoms with E-state index in [1.165, 1.54) is 0 Å². The van der Waals surface area contributed by atoms with E-state index in [1.807, 2.05) is 78.9 Å². The van der Waals surface area contributed by atoms with Gasteiger partial charge in [0.05, 0.1) is 15.1 Å². The number of para-hydroxylation sites is 1. The lowest BCUT2D eigenvalue weighted by atomic mass is 9.84. The standard InChI is InChI=1S/C38H24O/c1-3-13-25(14-4-1)27-23-33(38-32-21-11-12-22-34(32)39-35(38)24-27)37-30-19-9-7-17-28(30)36(26-15-5-2-6-16-26)29-18-8-10-20-31(29)37/h1-24H/i1D,3D,4D,11D,12D,13D,14D,21D,22D,23D,24D. The average molecular weight is 508 g/mol. The topological polar surface area (TPSA) is 13.1 Å². The summed E-state index contributed by atoms with van der Waals surface area (Å²) in [6, 6.07) is 19.2. The monoisotopic (exact) mass is 507 g/mol. The van der Waals surface area contributed by atoms with Crippen LogP contribution in [0.25, 0.3) is 76.9 Å². The molecule has 0 aliphatic carbocycles. The van der Waals surface area contributed by atoms with Gasteiger partial charge < -0.3 is 4.42 Å². The summed E-state index contributed by atoms with van der Waals surface area (Å²) in [5.74, 6) is 0. The first-order valence-corrected chi connectivity index (χ1v) is 12.5. The Morgan fingerprint density at radius 1 is 0.436 bits per heavy atom. The Kier molecular flexibility index (Phi) is 3.04. The average Bonchev–Trinajstić information content (AvgIpc) is 3.53. The molecule has 7 aromatic carbocycles. The number of furan rings is 1. The summed E-state index contributed by atoms with van der Waals surface area (Å²) < 4.78 is 102. The Hall–Kier alpha value is -5.14. The first kappa shape index (κ1) is 13.6. The van der Waals surface area contributed by atoms with Gasteiger partial charge in [0.2, 0.25) is 0 Å². The van der Waals surface area contributed by atoms with Crippen molar-refractivity contribution in [2.24, 2.45) is 0 Å². The van der Waals surface area contributed by atoms with Crippen LogP contribution in [0.5, 0.6) is 0 Å². The van der Waals surface area contributed by atoms with E-state index in [1.54, 1.807) is 0 Å². The summed E-state index contributed by atoms with van der Waals surface area (Å²) in [4.78, 5) is 0. The van der Waals surface area contributed by atoms with Crippen LogP contribution in [0.3, 0.4) is 0 Å². The van der Waals surface area contributed by atoms with Gasteiger partial charge in [-0.15, -0.1) is 0 Å². The molecule has 0 spiro atoms. The molecule has 1 aromatic heterocycles. The second-order valence-electron chi connectivity index (χ2n) is 9.22. The van der Waals surface area contributed by atoms with E-state index in [2.05, 4.69) is 0 Å². The molecule has 1 heteroatoms. The zero-order valence-electron chi connectivity index (χ0n) is 31.4. The zero-order chi connectivity index (χ0) is 35.3. The molecule has 0 saturated heterocycles. The first-order chi connectivity index (χ1) is 24.0. The molecule has 0 bridgehead atoms. The zero-order valence-corrected chi connectivity index (χ0v) is 20.4. The molecule has 8 aromatic rings. The van der Waals surface area contributed by atoms with Crippen LogP contribution in [0.4, 0.5) is 0 Å². The predicted molar refractivity (Wildman–Crippen MR) is 165 cm³/mol. The maximum absolute atomic E-state index is 9.85. The number of rotatable bonds is 3. The van der Waals surface area contributed by atoms with Gasteiger partial charge in [-0.2, -0.15) is 0 Å². The van der Waals surface area contributed by atoms with Gasteiger partial charge in [0, 0.05) is 10.8 Å². The Morgan fingerprint density at radius 3 is 1.72 bits per heavy atom. The van der Waals surface area contributed by atoms with Crippen LogP contribution in [-0.2, 0) is 0 Å². The van der Waals surface area contributed by atoms with Gasteiger partial charge in [-0.1, -0.05) is 127 Å². The van der Waals surface area contributed by atoms with Crippen LogP contribution in [-0.4, -0.2) is 0 Å². The summed E-state index contributed by atoms with van der Waals surface area (Å²) in [6.45, 7) is 0. The van der Waals surface area contributed by atoms with Gasteiger partial charge in [0.15, 0.2) is 0 Å².